The molecule has 2 aromatic heterocycles. The number of fused-ring (bicyclic) bond motifs is 1. The molecule has 11 heteroatoms. The molecule has 0 aliphatic carbocycles. The van der Waals surface area contributed by atoms with E-state index in [0.29, 0.717) is 48.3 Å². The highest BCUT2D eigenvalue weighted by Crippen LogP contribution is 2.29. The lowest BCUT2D eigenvalue weighted by molar-refractivity contribution is 0.0601. The second-order valence-electron chi connectivity index (χ2n) is 10.1. The van der Waals surface area contributed by atoms with Gasteiger partial charge in [-0.25, -0.2) is 18.9 Å². The summed E-state index contributed by atoms with van der Waals surface area (Å²) in [7, 11) is 1.38. The first-order chi connectivity index (χ1) is 20.0. The van der Waals surface area contributed by atoms with E-state index in [2.05, 4.69) is 21.5 Å². The Hall–Kier alpha value is -3.47. The van der Waals surface area contributed by atoms with Crippen LogP contribution in [0.5, 0.6) is 5.88 Å². The molecular weight excluding hydrogens is 549 g/mol. The fourth-order valence-electron chi connectivity index (χ4n) is 5.19. The predicted molar refractivity (Wildman–Crippen MR) is 154 cm³/mol. The van der Waals surface area contributed by atoms with Crippen LogP contribution in [-0.4, -0.2) is 63.6 Å². The third kappa shape index (κ3) is 6.89. The van der Waals surface area contributed by atoms with Crippen molar-refractivity contribution >= 4 is 28.6 Å². The molecule has 0 saturated carbocycles. The number of methoxy groups -OCH3 is 1. The van der Waals surface area contributed by atoms with Crippen LogP contribution in [0.15, 0.2) is 48.7 Å². The van der Waals surface area contributed by atoms with Gasteiger partial charge in [0.05, 0.1) is 49.1 Å². The molecule has 1 saturated heterocycles. The van der Waals surface area contributed by atoms with E-state index in [4.69, 9.17) is 30.8 Å². The van der Waals surface area contributed by atoms with Crippen LogP contribution in [0.3, 0.4) is 0 Å². The van der Waals surface area contributed by atoms with E-state index in [0.717, 1.165) is 49.2 Å². The van der Waals surface area contributed by atoms with Crippen molar-refractivity contribution in [3.05, 3.63) is 76.5 Å². The molecule has 0 N–H and O–H groups in total. The average Bonchev–Trinajstić information content (AvgIpc) is 3.59. The van der Waals surface area contributed by atoms with Crippen molar-refractivity contribution in [2.24, 2.45) is 0 Å². The largest absolute Gasteiger partial charge is 0.473 e. The lowest BCUT2D eigenvalue weighted by Crippen LogP contribution is -2.35. The number of aromatic nitrogens is 4. The first-order valence-corrected chi connectivity index (χ1v) is 14.3. The number of carbonyl (C=O) groups is 1. The minimum Gasteiger partial charge on any atom is -0.473 e. The van der Waals surface area contributed by atoms with Crippen molar-refractivity contribution in [2.45, 2.75) is 51.9 Å². The number of esters is 1. The Labute approximate surface area is 243 Å². The minimum absolute atomic E-state index is 0.101. The molecule has 41 heavy (non-hydrogen) atoms. The van der Waals surface area contributed by atoms with E-state index in [1.54, 1.807) is 24.4 Å². The SMILES string of the molecule is CCCOCCn1c(CN2CCC(n3nccc3OCc3ccc(Cl)cc3F)CC2)nc2ccc(C(=O)OC)cc21. The zero-order valence-electron chi connectivity index (χ0n) is 23.4. The molecule has 0 unspecified atom stereocenters. The molecular formula is C30H35ClFN5O4. The van der Waals surface area contributed by atoms with Gasteiger partial charge in [-0.1, -0.05) is 24.6 Å². The topological polar surface area (TPSA) is 83.6 Å². The van der Waals surface area contributed by atoms with Gasteiger partial charge in [0, 0.05) is 42.9 Å². The Kier molecular flexibility index (Phi) is 9.53. The number of likely N-dealkylation sites (tertiary alicyclic amines) is 1. The zero-order chi connectivity index (χ0) is 28.8. The number of imidazole rings is 1. The Morgan fingerprint density at radius 3 is 2.71 bits per heavy atom. The molecule has 0 amide bonds. The summed E-state index contributed by atoms with van der Waals surface area (Å²) >= 11 is 5.87. The number of halogens is 2. The van der Waals surface area contributed by atoms with Crippen LogP contribution in [0.2, 0.25) is 5.02 Å². The van der Waals surface area contributed by atoms with Crippen LogP contribution in [0, 0.1) is 5.82 Å². The lowest BCUT2D eigenvalue weighted by Gasteiger charge is -2.32. The minimum atomic E-state index is -0.388. The Balaban J connectivity index is 1.24. The van der Waals surface area contributed by atoms with Crippen molar-refractivity contribution in [3.63, 3.8) is 0 Å². The number of nitrogens with zero attached hydrogens (tertiary/aromatic N) is 5. The summed E-state index contributed by atoms with van der Waals surface area (Å²) < 4.78 is 34.9. The number of carbonyl (C=O) groups excluding carboxylic acids is 1. The van der Waals surface area contributed by atoms with Crippen LogP contribution >= 0.6 is 11.6 Å². The summed E-state index contributed by atoms with van der Waals surface area (Å²) in [5.74, 6) is 0.800. The van der Waals surface area contributed by atoms with Gasteiger partial charge in [-0.3, -0.25) is 4.90 Å². The second-order valence-corrected chi connectivity index (χ2v) is 10.6. The highest BCUT2D eigenvalue weighted by atomic mass is 35.5. The number of rotatable bonds is 12. The molecule has 1 aliphatic heterocycles. The molecule has 2 aromatic carbocycles. The van der Waals surface area contributed by atoms with Gasteiger partial charge < -0.3 is 18.8 Å². The highest BCUT2D eigenvalue weighted by Gasteiger charge is 2.25. The first kappa shape index (κ1) is 29.0. The van der Waals surface area contributed by atoms with E-state index in [-0.39, 0.29) is 24.4 Å². The van der Waals surface area contributed by atoms with Crippen LogP contribution < -0.4 is 4.74 Å². The molecule has 0 bridgehead atoms. The summed E-state index contributed by atoms with van der Waals surface area (Å²) in [4.78, 5) is 19.5. The maximum absolute atomic E-state index is 14.2. The summed E-state index contributed by atoms with van der Waals surface area (Å²) in [6, 6.07) is 12.0. The number of ether oxygens (including phenoxy) is 3. The Morgan fingerprint density at radius 2 is 1.95 bits per heavy atom. The van der Waals surface area contributed by atoms with Gasteiger partial charge in [-0.15, -0.1) is 0 Å². The van der Waals surface area contributed by atoms with Crippen LogP contribution in [-0.2, 0) is 29.2 Å². The van der Waals surface area contributed by atoms with Gasteiger partial charge in [0.25, 0.3) is 0 Å². The standard InChI is InChI=1S/C30H35ClFN5O4/c1-3-15-40-16-14-36-27-17-21(30(38)39-2)5-7-26(27)34-28(36)19-35-12-9-24(10-13-35)37-29(8-11-33-37)41-20-22-4-6-23(31)18-25(22)32/h4-8,11,17-18,24H,3,9-10,12-16,19-20H2,1-2H3. The van der Waals surface area contributed by atoms with E-state index < -0.39 is 0 Å². The van der Waals surface area contributed by atoms with Gasteiger partial charge in [-0.05, 0) is 49.6 Å². The van der Waals surface area contributed by atoms with E-state index in [1.165, 1.54) is 13.2 Å². The molecule has 0 atom stereocenters. The first-order valence-electron chi connectivity index (χ1n) is 13.9. The highest BCUT2D eigenvalue weighted by molar-refractivity contribution is 6.30. The number of hydrogen-bond donors (Lipinski definition) is 0. The summed E-state index contributed by atoms with van der Waals surface area (Å²) in [5.41, 5.74) is 2.68. The van der Waals surface area contributed by atoms with Crippen molar-refractivity contribution in [1.29, 1.82) is 0 Å². The van der Waals surface area contributed by atoms with E-state index in [1.807, 2.05) is 22.9 Å². The molecule has 4 aromatic rings. The molecule has 5 rings (SSSR count). The molecule has 3 heterocycles. The van der Waals surface area contributed by atoms with E-state index in [9.17, 15) is 9.18 Å². The molecule has 0 radical (unpaired) electrons. The number of piperidine rings is 1. The quantitative estimate of drug-likeness (QED) is 0.157. The van der Waals surface area contributed by atoms with Gasteiger partial charge in [0.2, 0.25) is 5.88 Å². The summed E-state index contributed by atoms with van der Waals surface area (Å²) in [6.45, 7) is 6.51. The fourth-order valence-corrected chi connectivity index (χ4v) is 5.35. The predicted octanol–water partition coefficient (Wildman–Crippen LogP) is 5.65. The smallest absolute Gasteiger partial charge is 0.337 e. The third-order valence-electron chi connectivity index (χ3n) is 7.35. The van der Waals surface area contributed by atoms with Gasteiger partial charge in [-0.2, -0.15) is 5.10 Å². The van der Waals surface area contributed by atoms with E-state index >= 15 is 0 Å². The number of hydrogen-bond acceptors (Lipinski definition) is 7. The third-order valence-corrected chi connectivity index (χ3v) is 7.58. The monoisotopic (exact) mass is 583 g/mol. The van der Waals surface area contributed by atoms with Crippen LogP contribution in [0.1, 0.15) is 54.0 Å². The zero-order valence-corrected chi connectivity index (χ0v) is 24.1. The fraction of sp³-hybridized carbons (Fsp3) is 0.433. The van der Waals surface area contributed by atoms with Crippen molar-refractivity contribution in [2.75, 3.05) is 33.4 Å². The molecule has 9 nitrogen and oxygen atoms in total. The second kappa shape index (κ2) is 13.5. The lowest BCUT2D eigenvalue weighted by atomic mass is 10.1. The Bertz CT molecular complexity index is 1480. The van der Waals surface area contributed by atoms with Crippen LogP contribution in [0.4, 0.5) is 4.39 Å². The molecule has 218 valence electrons. The van der Waals surface area contributed by atoms with Gasteiger partial charge >= 0.3 is 5.97 Å². The molecule has 1 fully saturated rings. The number of benzene rings is 2. The average molecular weight is 584 g/mol. The molecule has 0 spiro atoms. The maximum atomic E-state index is 14.2. The van der Waals surface area contributed by atoms with Gasteiger partial charge in [0.15, 0.2) is 0 Å². The normalized spacial score (nSPS) is 14.5. The Morgan fingerprint density at radius 1 is 1.12 bits per heavy atom. The summed E-state index contributed by atoms with van der Waals surface area (Å²) in [5, 5.41) is 4.86. The maximum Gasteiger partial charge on any atom is 0.337 e. The van der Waals surface area contributed by atoms with Gasteiger partial charge in [0.1, 0.15) is 18.2 Å². The van der Waals surface area contributed by atoms with Crippen molar-refractivity contribution in [3.8, 4) is 5.88 Å². The van der Waals surface area contributed by atoms with Crippen LogP contribution in [0.25, 0.3) is 11.0 Å². The van der Waals surface area contributed by atoms with Crippen molar-refractivity contribution in [1.82, 2.24) is 24.2 Å². The summed E-state index contributed by atoms with van der Waals surface area (Å²) in [6.07, 6.45) is 4.45. The van der Waals surface area contributed by atoms with Crippen molar-refractivity contribution < 1.29 is 23.4 Å². The molecule has 1 aliphatic rings.